The van der Waals surface area contributed by atoms with Crippen LogP contribution in [0.5, 0.6) is 5.75 Å². The van der Waals surface area contributed by atoms with Gasteiger partial charge in [-0.2, -0.15) is 5.10 Å². The van der Waals surface area contributed by atoms with E-state index in [1.807, 2.05) is 24.7 Å². The topological polar surface area (TPSA) is 87.2 Å². The maximum atomic E-state index is 11.5. The first kappa shape index (κ1) is 16.3. The van der Waals surface area contributed by atoms with Crippen LogP contribution in [0.15, 0.2) is 12.4 Å². The lowest BCUT2D eigenvalue weighted by molar-refractivity contribution is 0.118. The summed E-state index contributed by atoms with van der Waals surface area (Å²) in [5.41, 5.74) is -0.355. The zero-order valence-corrected chi connectivity index (χ0v) is 13.6. The Hall–Kier alpha value is -1.08. The Labute approximate surface area is 126 Å². The van der Waals surface area contributed by atoms with Crippen molar-refractivity contribution in [2.24, 2.45) is 10.6 Å². The number of ether oxygens (including phenoxy) is 1. The minimum Gasteiger partial charge on any atom is -0.490 e. The minimum atomic E-state index is -3.50. The average Bonchev–Trinajstić information content (AvgIpc) is 2.84. The van der Waals surface area contributed by atoms with Crippen molar-refractivity contribution in [3.8, 4) is 5.75 Å². The highest BCUT2D eigenvalue weighted by Gasteiger charge is 2.36. The second-order valence-corrected chi connectivity index (χ2v) is 8.02. The Bertz CT molecular complexity index is 560. The molecule has 0 aliphatic heterocycles. The first-order chi connectivity index (χ1) is 9.80. The fourth-order valence-corrected chi connectivity index (χ4v) is 4.20. The van der Waals surface area contributed by atoms with Crippen LogP contribution < -0.4 is 9.88 Å². The van der Waals surface area contributed by atoms with Crippen LogP contribution in [0.25, 0.3) is 0 Å². The molecule has 0 spiro atoms. The third-order valence-corrected chi connectivity index (χ3v) is 5.09. The number of hydrogen-bond acceptors (Lipinski definition) is 4. The van der Waals surface area contributed by atoms with Crippen molar-refractivity contribution in [1.29, 1.82) is 0 Å². The number of hydrogen-bond donors (Lipinski definition) is 1. The Morgan fingerprint density at radius 1 is 1.38 bits per heavy atom. The van der Waals surface area contributed by atoms with Gasteiger partial charge in [-0.25, -0.2) is 13.6 Å². The van der Waals surface area contributed by atoms with E-state index < -0.39 is 10.0 Å². The van der Waals surface area contributed by atoms with Gasteiger partial charge >= 0.3 is 0 Å². The molecule has 1 saturated carbocycles. The molecule has 6 nitrogen and oxygen atoms in total. The Morgan fingerprint density at radius 3 is 2.57 bits per heavy atom. The lowest BCUT2D eigenvalue weighted by Crippen LogP contribution is -2.40. The number of rotatable bonds is 6. The summed E-state index contributed by atoms with van der Waals surface area (Å²) in [4.78, 5) is 0. The molecule has 1 aromatic rings. The van der Waals surface area contributed by atoms with Gasteiger partial charge < -0.3 is 4.74 Å². The van der Waals surface area contributed by atoms with Gasteiger partial charge in [0, 0.05) is 11.5 Å². The van der Waals surface area contributed by atoms with Crippen LogP contribution >= 0.6 is 0 Å². The highest BCUT2D eigenvalue weighted by molar-refractivity contribution is 7.89. The summed E-state index contributed by atoms with van der Waals surface area (Å²) in [5, 5.41) is 9.49. The van der Waals surface area contributed by atoms with Gasteiger partial charge in [0.2, 0.25) is 10.0 Å². The highest BCUT2D eigenvalue weighted by atomic mass is 32.2. The minimum absolute atomic E-state index is 0.00167. The summed E-state index contributed by atoms with van der Waals surface area (Å²) in [6.07, 6.45) is 8.43. The molecule has 0 unspecified atom stereocenters. The van der Waals surface area contributed by atoms with E-state index in [0.717, 1.165) is 32.1 Å². The third-order valence-electron chi connectivity index (χ3n) is 4.07. The summed E-state index contributed by atoms with van der Waals surface area (Å²) < 4.78 is 30.7. The van der Waals surface area contributed by atoms with Gasteiger partial charge in [-0.15, -0.1) is 0 Å². The molecule has 0 bridgehead atoms. The summed E-state index contributed by atoms with van der Waals surface area (Å²) in [5.74, 6) is 0.682. The maximum absolute atomic E-state index is 11.5. The molecule has 0 amide bonds. The van der Waals surface area contributed by atoms with E-state index in [4.69, 9.17) is 9.88 Å². The Kier molecular flexibility index (Phi) is 4.93. The van der Waals surface area contributed by atoms with Gasteiger partial charge in [0.1, 0.15) is 0 Å². The van der Waals surface area contributed by atoms with Crippen LogP contribution in [0.3, 0.4) is 0 Å². The van der Waals surface area contributed by atoms with E-state index in [1.54, 1.807) is 6.20 Å². The second-order valence-electron chi connectivity index (χ2n) is 6.41. The van der Waals surface area contributed by atoms with Crippen molar-refractivity contribution in [2.75, 3.05) is 12.4 Å². The predicted octanol–water partition coefficient (Wildman–Crippen LogP) is 2.08. The van der Waals surface area contributed by atoms with Crippen molar-refractivity contribution in [3.63, 3.8) is 0 Å². The molecule has 1 aromatic heterocycles. The molecule has 2 N–H and O–H groups in total. The number of aromatic nitrogens is 2. The Morgan fingerprint density at radius 2 is 2.05 bits per heavy atom. The molecular weight excluding hydrogens is 290 g/mol. The maximum Gasteiger partial charge on any atom is 0.209 e. The monoisotopic (exact) mass is 315 g/mol. The molecule has 0 aromatic carbocycles. The van der Waals surface area contributed by atoms with Crippen molar-refractivity contribution in [2.45, 2.75) is 52.0 Å². The standard InChI is InChI=1S/C14H25N3O3S/c1-12(2)17-9-13(8-16-17)20-10-14(11-21(15,18)19)6-4-3-5-7-14/h8-9,12H,3-7,10-11H2,1-2H3,(H2,15,18,19). The number of primary sulfonamides is 1. The van der Waals surface area contributed by atoms with Crippen LogP contribution in [0.2, 0.25) is 0 Å². The van der Waals surface area contributed by atoms with Gasteiger partial charge in [0.15, 0.2) is 5.75 Å². The zero-order chi connectivity index (χ0) is 15.5. The molecule has 1 aliphatic carbocycles. The van der Waals surface area contributed by atoms with E-state index in [-0.39, 0.29) is 17.2 Å². The molecule has 0 saturated heterocycles. The quantitative estimate of drug-likeness (QED) is 0.870. The van der Waals surface area contributed by atoms with Crippen LogP contribution in [0, 0.1) is 5.41 Å². The normalized spacial score (nSPS) is 18.9. The van der Waals surface area contributed by atoms with E-state index in [2.05, 4.69) is 5.10 Å². The molecular formula is C14H25N3O3S. The second kappa shape index (κ2) is 6.36. The molecule has 1 aliphatic rings. The molecule has 2 rings (SSSR count). The van der Waals surface area contributed by atoms with E-state index in [9.17, 15) is 8.42 Å². The predicted molar refractivity (Wildman–Crippen MR) is 81.6 cm³/mol. The fourth-order valence-electron chi connectivity index (χ4n) is 2.97. The number of sulfonamides is 1. The third kappa shape index (κ3) is 4.71. The van der Waals surface area contributed by atoms with Gasteiger partial charge in [-0.1, -0.05) is 19.3 Å². The van der Waals surface area contributed by atoms with Gasteiger partial charge in [0.25, 0.3) is 0 Å². The van der Waals surface area contributed by atoms with Crippen molar-refractivity contribution < 1.29 is 13.2 Å². The van der Waals surface area contributed by atoms with Crippen LogP contribution in [0.1, 0.15) is 52.0 Å². The molecule has 1 fully saturated rings. The van der Waals surface area contributed by atoms with E-state index in [0.29, 0.717) is 12.4 Å². The SMILES string of the molecule is CC(C)n1cc(OCC2(CS(N)(=O)=O)CCCCC2)cn1. The van der Waals surface area contributed by atoms with Crippen LogP contribution in [-0.4, -0.2) is 30.6 Å². The summed E-state index contributed by atoms with van der Waals surface area (Å²) in [6.45, 7) is 4.47. The first-order valence-electron chi connectivity index (χ1n) is 7.47. The van der Waals surface area contributed by atoms with Gasteiger partial charge in [-0.05, 0) is 26.7 Å². The Balaban J connectivity index is 2.04. The summed E-state index contributed by atoms with van der Waals surface area (Å²) in [6, 6.07) is 0.274. The molecule has 0 radical (unpaired) electrons. The van der Waals surface area contributed by atoms with Crippen molar-refractivity contribution in [1.82, 2.24) is 9.78 Å². The molecule has 1 heterocycles. The molecule has 0 atom stereocenters. The highest BCUT2D eigenvalue weighted by Crippen LogP contribution is 2.37. The van der Waals surface area contributed by atoms with E-state index in [1.165, 1.54) is 0 Å². The number of nitrogens with two attached hydrogens (primary N) is 1. The molecule has 120 valence electrons. The molecule has 21 heavy (non-hydrogen) atoms. The molecule has 7 heteroatoms. The lowest BCUT2D eigenvalue weighted by Gasteiger charge is -2.35. The zero-order valence-electron chi connectivity index (χ0n) is 12.8. The smallest absolute Gasteiger partial charge is 0.209 e. The van der Waals surface area contributed by atoms with E-state index >= 15 is 0 Å². The summed E-state index contributed by atoms with van der Waals surface area (Å²) in [7, 11) is -3.50. The fraction of sp³-hybridized carbons (Fsp3) is 0.786. The lowest BCUT2D eigenvalue weighted by atomic mass is 9.76. The first-order valence-corrected chi connectivity index (χ1v) is 9.19. The van der Waals surface area contributed by atoms with Crippen molar-refractivity contribution in [3.05, 3.63) is 12.4 Å². The van der Waals surface area contributed by atoms with Gasteiger partial charge in [-0.3, -0.25) is 4.68 Å². The van der Waals surface area contributed by atoms with Gasteiger partial charge in [0.05, 0.1) is 24.8 Å². The number of nitrogens with zero attached hydrogens (tertiary/aromatic N) is 2. The largest absolute Gasteiger partial charge is 0.490 e. The van der Waals surface area contributed by atoms with Crippen LogP contribution in [-0.2, 0) is 10.0 Å². The average molecular weight is 315 g/mol. The summed E-state index contributed by atoms with van der Waals surface area (Å²) >= 11 is 0. The van der Waals surface area contributed by atoms with Crippen LogP contribution in [0.4, 0.5) is 0 Å². The van der Waals surface area contributed by atoms with Crippen molar-refractivity contribution >= 4 is 10.0 Å².